The third kappa shape index (κ3) is 5.75. The Bertz CT molecular complexity index is 1180. The molecule has 0 saturated heterocycles. The minimum atomic E-state index is -1.06. The number of ether oxygens (including phenoxy) is 1. The summed E-state index contributed by atoms with van der Waals surface area (Å²) in [7, 11) is 0. The number of rotatable bonds is 7. The summed E-state index contributed by atoms with van der Waals surface area (Å²) in [6.07, 6.45) is 1.74. The maximum Gasteiger partial charge on any atom is 0.331 e. The maximum atomic E-state index is 12.2. The van der Waals surface area contributed by atoms with E-state index >= 15 is 0 Å². The van der Waals surface area contributed by atoms with Crippen LogP contribution in [0.3, 0.4) is 0 Å². The molecule has 2 amide bonds. The number of hydrogen-bond donors (Lipinski definition) is 2. The predicted molar refractivity (Wildman–Crippen MR) is 129 cm³/mol. The van der Waals surface area contributed by atoms with Crippen LogP contribution in [0.4, 0.5) is 5.69 Å². The van der Waals surface area contributed by atoms with Gasteiger partial charge in [-0.15, -0.1) is 11.3 Å². The van der Waals surface area contributed by atoms with Crippen molar-refractivity contribution < 1.29 is 19.1 Å². The molecule has 1 atom stereocenters. The third-order valence-electron chi connectivity index (χ3n) is 4.76. The van der Waals surface area contributed by atoms with Crippen molar-refractivity contribution in [1.82, 2.24) is 5.32 Å². The van der Waals surface area contributed by atoms with Crippen LogP contribution in [-0.4, -0.2) is 30.4 Å². The highest BCUT2D eigenvalue weighted by molar-refractivity contribution is 7.20. The van der Waals surface area contributed by atoms with Crippen molar-refractivity contribution >= 4 is 62.6 Å². The average Bonchev–Trinajstić information content (AvgIpc) is 3.09. The Hall–Kier alpha value is -3.16. The molecule has 0 saturated carbocycles. The van der Waals surface area contributed by atoms with Crippen LogP contribution in [0.15, 0.2) is 48.5 Å². The predicted octanol–water partition coefficient (Wildman–Crippen LogP) is 4.87. The molecular formula is C24H23ClN2O4S. The zero-order chi connectivity index (χ0) is 23.3. The lowest BCUT2D eigenvalue weighted by atomic mass is 10.1. The molecular weight excluding hydrogens is 448 g/mol. The van der Waals surface area contributed by atoms with E-state index in [0.717, 1.165) is 31.8 Å². The van der Waals surface area contributed by atoms with Crippen molar-refractivity contribution in [2.45, 2.75) is 26.9 Å². The normalized spacial score (nSPS) is 12.0. The SMILES string of the molecule is Cc1cccc(C)c1NC(=O)CNC(=O)C(C)OC(=O)/C=C/c1sc2ccccc2c1Cl. The van der Waals surface area contributed by atoms with Crippen LogP contribution >= 0.6 is 22.9 Å². The number of halogens is 1. The molecule has 6 nitrogen and oxygen atoms in total. The molecule has 0 bridgehead atoms. The Kier molecular flexibility index (Phi) is 7.66. The van der Waals surface area contributed by atoms with Crippen molar-refractivity contribution in [3.05, 3.63) is 69.6 Å². The van der Waals surface area contributed by atoms with E-state index in [-0.39, 0.29) is 12.5 Å². The first kappa shape index (κ1) is 23.5. The number of esters is 1. The topological polar surface area (TPSA) is 84.5 Å². The first-order valence-electron chi connectivity index (χ1n) is 9.95. The molecule has 0 aliphatic heterocycles. The van der Waals surface area contributed by atoms with Crippen LogP contribution in [0.25, 0.3) is 16.2 Å². The van der Waals surface area contributed by atoms with Crippen LogP contribution in [-0.2, 0) is 19.1 Å². The fourth-order valence-electron chi connectivity index (χ4n) is 3.06. The Morgan fingerprint density at radius 2 is 1.78 bits per heavy atom. The lowest BCUT2D eigenvalue weighted by Crippen LogP contribution is -2.40. The number of nitrogens with one attached hydrogen (secondary N) is 2. The largest absolute Gasteiger partial charge is 0.449 e. The second-order valence-corrected chi connectivity index (χ2v) is 8.68. The molecule has 0 radical (unpaired) electrons. The van der Waals surface area contributed by atoms with Gasteiger partial charge in [0.2, 0.25) is 5.91 Å². The van der Waals surface area contributed by atoms with Crippen molar-refractivity contribution in [3.63, 3.8) is 0 Å². The lowest BCUT2D eigenvalue weighted by Gasteiger charge is -2.14. The Morgan fingerprint density at radius 3 is 2.47 bits per heavy atom. The number of carbonyl (C=O) groups is 3. The zero-order valence-corrected chi connectivity index (χ0v) is 19.5. The number of amides is 2. The van der Waals surface area contributed by atoms with Gasteiger partial charge in [-0.3, -0.25) is 9.59 Å². The van der Waals surface area contributed by atoms with Gasteiger partial charge >= 0.3 is 5.97 Å². The summed E-state index contributed by atoms with van der Waals surface area (Å²) in [5.74, 6) is -1.61. The molecule has 1 aromatic heterocycles. The first-order chi connectivity index (χ1) is 15.3. The molecule has 0 aliphatic carbocycles. The van der Waals surface area contributed by atoms with Crippen molar-refractivity contribution in [2.24, 2.45) is 0 Å². The second kappa shape index (κ2) is 10.4. The number of thiophene rings is 1. The van der Waals surface area contributed by atoms with E-state index in [2.05, 4.69) is 10.6 Å². The zero-order valence-electron chi connectivity index (χ0n) is 17.9. The average molecular weight is 471 g/mol. The van der Waals surface area contributed by atoms with E-state index < -0.39 is 18.0 Å². The van der Waals surface area contributed by atoms with Crippen LogP contribution < -0.4 is 10.6 Å². The number of para-hydroxylation sites is 1. The summed E-state index contributed by atoms with van der Waals surface area (Å²) < 4.78 is 6.14. The maximum absolute atomic E-state index is 12.2. The Balaban J connectivity index is 1.50. The van der Waals surface area contributed by atoms with Gasteiger partial charge in [-0.1, -0.05) is 48.0 Å². The number of aryl methyl sites for hydroxylation is 2. The summed E-state index contributed by atoms with van der Waals surface area (Å²) in [4.78, 5) is 37.2. The van der Waals surface area contributed by atoms with Crippen LogP contribution in [0.1, 0.15) is 22.9 Å². The summed E-state index contributed by atoms with van der Waals surface area (Å²) in [6.45, 7) is 4.99. The summed E-state index contributed by atoms with van der Waals surface area (Å²) in [6, 6.07) is 13.4. The van der Waals surface area contributed by atoms with E-state index in [4.69, 9.17) is 16.3 Å². The standard InChI is InChI=1S/C24H23ClN2O4S/c1-14-7-6-8-15(2)23(14)27-20(28)13-26-24(30)16(3)31-21(29)12-11-19-22(25)17-9-4-5-10-18(17)32-19/h4-12,16H,13H2,1-3H3,(H,26,30)(H,27,28)/b12-11+. The van der Waals surface area contributed by atoms with Crippen LogP contribution in [0.2, 0.25) is 5.02 Å². The van der Waals surface area contributed by atoms with Gasteiger partial charge in [0, 0.05) is 26.7 Å². The molecule has 3 aromatic rings. The summed E-state index contributed by atoms with van der Waals surface area (Å²) in [5, 5.41) is 6.74. The monoisotopic (exact) mass is 470 g/mol. The van der Waals surface area contributed by atoms with Gasteiger partial charge in [0.25, 0.3) is 5.91 Å². The van der Waals surface area contributed by atoms with Crippen molar-refractivity contribution in [1.29, 1.82) is 0 Å². The molecule has 0 fully saturated rings. The third-order valence-corrected chi connectivity index (χ3v) is 6.42. The minimum absolute atomic E-state index is 0.234. The Morgan fingerprint density at radius 1 is 1.09 bits per heavy atom. The quantitative estimate of drug-likeness (QED) is 0.381. The number of fused-ring (bicyclic) bond motifs is 1. The van der Waals surface area contributed by atoms with Crippen LogP contribution in [0, 0.1) is 13.8 Å². The molecule has 2 N–H and O–H groups in total. The summed E-state index contributed by atoms with van der Waals surface area (Å²) >= 11 is 7.80. The van der Waals surface area contributed by atoms with Gasteiger partial charge in [-0.2, -0.15) is 0 Å². The fourth-order valence-corrected chi connectivity index (χ4v) is 4.46. The van der Waals surface area contributed by atoms with E-state index in [1.807, 2.05) is 56.3 Å². The molecule has 1 unspecified atom stereocenters. The highest BCUT2D eigenvalue weighted by Gasteiger charge is 2.18. The van der Waals surface area contributed by atoms with Gasteiger partial charge in [-0.05, 0) is 44.0 Å². The first-order valence-corrected chi connectivity index (χ1v) is 11.1. The molecule has 3 rings (SSSR count). The summed E-state index contributed by atoms with van der Waals surface area (Å²) in [5.41, 5.74) is 2.58. The highest BCUT2D eigenvalue weighted by atomic mass is 35.5. The molecule has 0 aliphatic rings. The van der Waals surface area contributed by atoms with Crippen molar-refractivity contribution in [3.8, 4) is 0 Å². The van der Waals surface area contributed by atoms with E-state index in [0.29, 0.717) is 5.02 Å². The van der Waals surface area contributed by atoms with Gasteiger partial charge in [-0.25, -0.2) is 4.79 Å². The fraction of sp³-hybridized carbons (Fsp3) is 0.208. The molecule has 32 heavy (non-hydrogen) atoms. The molecule has 8 heteroatoms. The molecule has 166 valence electrons. The Labute approximate surface area is 195 Å². The molecule has 2 aromatic carbocycles. The van der Waals surface area contributed by atoms with Crippen LogP contribution in [0.5, 0.6) is 0 Å². The number of carbonyl (C=O) groups excluding carboxylic acids is 3. The van der Waals surface area contributed by atoms with Gasteiger partial charge in [0.05, 0.1) is 11.6 Å². The molecule has 0 spiro atoms. The number of benzene rings is 2. The number of anilines is 1. The van der Waals surface area contributed by atoms with E-state index in [1.54, 1.807) is 6.08 Å². The van der Waals surface area contributed by atoms with E-state index in [1.165, 1.54) is 24.3 Å². The van der Waals surface area contributed by atoms with Gasteiger partial charge < -0.3 is 15.4 Å². The number of hydrogen-bond acceptors (Lipinski definition) is 5. The van der Waals surface area contributed by atoms with Crippen molar-refractivity contribution in [2.75, 3.05) is 11.9 Å². The lowest BCUT2D eigenvalue weighted by molar-refractivity contribution is -0.150. The van der Waals surface area contributed by atoms with E-state index in [9.17, 15) is 14.4 Å². The minimum Gasteiger partial charge on any atom is -0.449 e. The molecule has 1 heterocycles. The smallest absolute Gasteiger partial charge is 0.331 e. The second-order valence-electron chi connectivity index (χ2n) is 7.22. The highest BCUT2D eigenvalue weighted by Crippen LogP contribution is 2.35. The van der Waals surface area contributed by atoms with Gasteiger partial charge in [0.15, 0.2) is 6.10 Å². The van der Waals surface area contributed by atoms with Gasteiger partial charge in [0.1, 0.15) is 0 Å².